The van der Waals surface area contributed by atoms with Crippen LogP contribution in [0.5, 0.6) is 0 Å². The van der Waals surface area contributed by atoms with Crippen molar-refractivity contribution in [1.82, 2.24) is 0 Å². The average Bonchev–Trinajstić information content (AvgIpc) is 1.35. The van der Waals surface area contributed by atoms with Gasteiger partial charge in [-0.05, 0) is 0 Å². The molecule has 0 rings (SSSR count). The van der Waals surface area contributed by atoms with Crippen molar-refractivity contribution in [2.24, 2.45) is 0 Å². The first-order chi connectivity index (χ1) is 2.56. The van der Waals surface area contributed by atoms with Gasteiger partial charge in [-0.2, -0.15) is 0 Å². The summed E-state index contributed by atoms with van der Waals surface area (Å²) in [5, 5.41) is 0. The second-order valence-corrected chi connectivity index (χ2v) is 2.22. The summed E-state index contributed by atoms with van der Waals surface area (Å²) in [6.07, 6.45) is 0. The van der Waals surface area contributed by atoms with Crippen LogP contribution in [0.3, 0.4) is 0 Å². The van der Waals surface area contributed by atoms with E-state index in [9.17, 15) is 4.57 Å². The monoisotopic (exact) mass is 262 g/mol. The van der Waals surface area contributed by atoms with Crippen molar-refractivity contribution in [3.8, 4) is 0 Å². The van der Waals surface area contributed by atoms with E-state index in [-0.39, 0.29) is 38.2 Å². The second-order valence-electron chi connectivity index (χ2n) is 0.551. The zero-order valence-corrected chi connectivity index (χ0v) is 7.79. The van der Waals surface area contributed by atoms with E-state index in [2.05, 4.69) is 19.7 Å². The van der Waals surface area contributed by atoms with Gasteiger partial charge in [-0.15, -0.1) is 0 Å². The predicted octanol–water partition coefficient (Wildman–Crippen LogP) is -0.448. The Hall–Kier alpha value is 1.82. The van der Waals surface area contributed by atoms with Gasteiger partial charge in [0.15, 0.2) is 0 Å². The van der Waals surface area contributed by atoms with Gasteiger partial charge in [0.05, 0.1) is 0 Å². The zero-order chi connectivity index (χ0) is 5.21. The Morgan fingerprint density at radius 3 is 1.62 bits per heavy atom. The fourth-order valence-electron chi connectivity index (χ4n) is 0. The number of rotatable bonds is 1. The molecule has 0 unspecified atom stereocenters. The Bertz CT molecular complexity index is 80.1. The van der Waals surface area contributed by atoms with Crippen LogP contribution in [0.1, 0.15) is 0 Å². The van der Waals surface area contributed by atoms with Crippen molar-refractivity contribution in [2.45, 2.75) is 0 Å². The molecule has 0 aliphatic rings. The van der Waals surface area contributed by atoms with E-state index < -0.39 is 7.82 Å². The van der Waals surface area contributed by atoms with E-state index >= 15 is 0 Å². The van der Waals surface area contributed by atoms with Gasteiger partial charge in [0.25, 0.3) is 0 Å². The van der Waals surface area contributed by atoms with Crippen LogP contribution in [0.15, 0.2) is 0 Å². The van der Waals surface area contributed by atoms with Crippen molar-refractivity contribution in [1.29, 1.82) is 0 Å². The summed E-state index contributed by atoms with van der Waals surface area (Å²) in [7, 11) is -4.29. The van der Waals surface area contributed by atoms with Crippen molar-refractivity contribution in [3.05, 3.63) is 0 Å². The summed E-state index contributed by atoms with van der Waals surface area (Å²) in [5.41, 5.74) is 0. The standard InChI is InChI=1S/Co.Ni.H3O4P.Ti/c;;1-5(2,3)4;/h;;(H3,1,2,3,4);/q+1;;;/p-1. The zero-order valence-electron chi connectivity index (χ0n) is 3.31. The molecule has 0 aromatic carbocycles. The molecule has 0 aliphatic heterocycles. The molecule has 8 heavy (non-hydrogen) atoms. The fourth-order valence-corrected chi connectivity index (χ4v) is 0. The van der Waals surface area contributed by atoms with Crippen molar-refractivity contribution >= 4 is 7.82 Å². The molecule has 4 nitrogen and oxygen atoms in total. The largest absolute Gasteiger partial charge is 0 e. The third-order valence-electron chi connectivity index (χ3n) is 0.0793. The molecule has 54 valence electrons. The van der Waals surface area contributed by atoms with Gasteiger partial charge < -0.3 is 0 Å². The number of hydrogen-bond donors (Lipinski definition) is 2. The first-order valence-electron chi connectivity index (χ1n) is 0.901. The van der Waals surface area contributed by atoms with Crippen LogP contribution in [0.25, 0.3) is 0 Å². The first kappa shape index (κ1) is 16.4. The van der Waals surface area contributed by atoms with E-state index in [1.165, 1.54) is 0 Å². The van der Waals surface area contributed by atoms with Gasteiger partial charge in [-0.3, -0.25) is 0 Å². The molecular weight excluding hydrogens is 260 g/mol. The van der Waals surface area contributed by atoms with Crippen LogP contribution in [0.4, 0.5) is 0 Å². The summed E-state index contributed by atoms with van der Waals surface area (Å²) in [6, 6.07) is 0. The number of phosphoric acid groups is 1. The van der Waals surface area contributed by atoms with E-state index in [1.807, 2.05) is 0 Å². The minimum atomic E-state index is -4.29. The Morgan fingerprint density at radius 2 is 1.62 bits per heavy atom. The smallest absolute Gasteiger partial charge is 0 e. The minimum Gasteiger partial charge on any atom is 0 e. The number of hydrogen-bond acceptors (Lipinski definition) is 2. The fraction of sp³-hybridized carbons (Fsp3) is 0. The molecule has 0 bridgehead atoms. The summed E-state index contributed by atoms with van der Waals surface area (Å²) >= 11 is 2.88. The minimum absolute atomic E-state index is 0. The summed E-state index contributed by atoms with van der Waals surface area (Å²) in [4.78, 5) is 15.3. The van der Waals surface area contributed by atoms with Crippen LogP contribution in [0, 0.1) is 0 Å². The maximum absolute atomic E-state index is 9.39. The Morgan fingerprint density at radius 1 is 1.50 bits per heavy atom. The van der Waals surface area contributed by atoms with Crippen molar-refractivity contribution in [2.75, 3.05) is 0 Å². The Labute approximate surface area is 79.7 Å². The van der Waals surface area contributed by atoms with Crippen LogP contribution in [-0.2, 0) is 62.5 Å². The molecule has 0 spiro atoms. The third-order valence-corrected chi connectivity index (χ3v) is 0.981. The molecule has 0 heterocycles. The quantitative estimate of drug-likeness (QED) is 0.496. The molecule has 8 heteroatoms. The SMILES string of the molecule is O=P(O)(O)[O][Co].[Ni].[Ti]. The average molecular weight is 262 g/mol. The van der Waals surface area contributed by atoms with Gasteiger partial charge in [0.2, 0.25) is 0 Å². The van der Waals surface area contributed by atoms with Crippen molar-refractivity contribution in [3.63, 3.8) is 0 Å². The third kappa shape index (κ3) is 15.7. The topological polar surface area (TPSA) is 66.8 Å². The molecule has 0 amide bonds. The van der Waals surface area contributed by atoms with Gasteiger partial charge in [0, 0.05) is 38.2 Å². The molecule has 0 radical (unpaired) electrons. The first-order valence-corrected chi connectivity index (χ1v) is 2.86. The summed E-state index contributed by atoms with van der Waals surface area (Å²) in [5.74, 6) is 0. The predicted molar refractivity (Wildman–Crippen MR) is 13.1 cm³/mol. The maximum atomic E-state index is 9.39. The van der Waals surface area contributed by atoms with E-state index in [1.54, 1.807) is 0 Å². The van der Waals surface area contributed by atoms with Crippen LogP contribution >= 0.6 is 7.82 Å². The summed E-state index contributed by atoms with van der Waals surface area (Å²) < 4.78 is 12.7. The molecule has 0 aromatic heterocycles. The molecule has 0 saturated heterocycles. The molecule has 0 aliphatic carbocycles. The van der Waals surface area contributed by atoms with Gasteiger partial charge in [-0.1, -0.05) is 0 Å². The van der Waals surface area contributed by atoms with Crippen LogP contribution in [-0.4, -0.2) is 9.79 Å². The molecule has 0 atom stereocenters. The van der Waals surface area contributed by atoms with E-state index in [0.717, 1.165) is 0 Å². The van der Waals surface area contributed by atoms with Crippen molar-refractivity contribution < 1.29 is 72.3 Å². The normalized spacial score (nSPS) is 9.00. The van der Waals surface area contributed by atoms with Gasteiger partial charge in [0.1, 0.15) is 0 Å². The van der Waals surface area contributed by atoms with Crippen LogP contribution in [0.2, 0.25) is 0 Å². The van der Waals surface area contributed by atoms with Crippen LogP contribution < -0.4 is 0 Å². The van der Waals surface area contributed by atoms with Gasteiger partial charge >= 0.3 is 41.9 Å². The van der Waals surface area contributed by atoms with E-state index in [0.29, 0.717) is 0 Å². The molecule has 0 fully saturated rings. The Kier molecular flexibility index (Phi) is 14.2. The maximum Gasteiger partial charge on any atom is 0 e. The molecule has 2 N–H and O–H groups in total. The Balaban J connectivity index is -0.000000125. The summed E-state index contributed by atoms with van der Waals surface area (Å²) in [6.45, 7) is 0. The van der Waals surface area contributed by atoms with E-state index in [4.69, 9.17) is 9.79 Å². The molecule has 0 aromatic rings. The second kappa shape index (κ2) is 6.94. The molecular formula is H2CoNiO4PTi. The van der Waals surface area contributed by atoms with Gasteiger partial charge in [-0.25, -0.2) is 0 Å². The molecule has 0 saturated carbocycles.